The Hall–Kier alpha value is -2.24. The number of amides is 1. The summed E-state index contributed by atoms with van der Waals surface area (Å²) < 4.78 is 10.5. The first-order valence-corrected chi connectivity index (χ1v) is 8.39. The van der Waals surface area contributed by atoms with Gasteiger partial charge in [0, 0.05) is 30.2 Å². The molecule has 6 heteroatoms. The van der Waals surface area contributed by atoms with Crippen molar-refractivity contribution in [3.05, 3.63) is 52.5 Å². The van der Waals surface area contributed by atoms with Crippen molar-refractivity contribution in [1.29, 1.82) is 0 Å². The molecule has 0 saturated carbocycles. The number of halogens is 1. The Kier molecular flexibility index (Phi) is 7.10. The van der Waals surface area contributed by atoms with Gasteiger partial charge in [-0.1, -0.05) is 17.7 Å². The maximum atomic E-state index is 12.0. The highest BCUT2D eigenvalue weighted by atomic mass is 35.5. The predicted molar refractivity (Wildman–Crippen MR) is 101 cm³/mol. The Morgan fingerprint density at radius 2 is 1.84 bits per heavy atom. The number of aryl methyl sites for hydroxylation is 1. The lowest BCUT2D eigenvalue weighted by molar-refractivity contribution is -0.116. The lowest BCUT2D eigenvalue weighted by Gasteiger charge is -2.11. The number of hydrogen-bond donors (Lipinski definition) is 2. The fraction of sp³-hybridized carbons (Fsp3) is 0.316. The first-order valence-electron chi connectivity index (χ1n) is 8.01. The molecule has 2 aromatic rings. The second kappa shape index (κ2) is 9.30. The van der Waals surface area contributed by atoms with E-state index in [2.05, 4.69) is 10.6 Å². The van der Waals surface area contributed by atoms with Crippen LogP contribution in [-0.2, 0) is 11.3 Å². The third-order valence-corrected chi connectivity index (χ3v) is 4.00. The van der Waals surface area contributed by atoms with E-state index >= 15 is 0 Å². The molecule has 0 heterocycles. The van der Waals surface area contributed by atoms with Crippen LogP contribution in [0.25, 0.3) is 0 Å². The molecule has 0 aliphatic rings. The van der Waals surface area contributed by atoms with Crippen LogP contribution in [-0.4, -0.2) is 26.7 Å². The molecule has 0 unspecified atom stereocenters. The van der Waals surface area contributed by atoms with Crippen LogP contribution in [0.4, 0.5) is 5.69 Å². The van der Waals surface area contributed by atoms with E-state index in [1.165, 1.54) is 0 Å². The van der Waals surface area contributed by atoms with Crippen molar-refractivity contribution in [2.45, 2.75) is 19.9 Å². The summed E-state index contributed by atoms with van der Waals surface area (Å²) in [6.07, 6.45) is 0.384. The van der Waals surface area contributed by atoms with E-state index in [1.807, 2.05) is 37.3 Å². The van der Waals surface area contributed by atoms with E-state index in [0.29, 0.717) is 36.0 Å². The molecule has 0 aliphatic heterocycles. The lowest BCUT2D eigenvalue weighted by Crippen LogP contribution is -2.21. The monoisotopic (exact) mass is 362 g/mol. The van der Waals surface area contributed by atoms with E-state index in [9.17, 15) is 4.79 Å². The molecule has 0 radical (unpaired) electrons. The third kappa shape index (κ3) is 5.66. The minimum atomic E-state index is -0.0368. The van der Waals surface area contributed by atoms with Crippen LogP contribution >= 0.6 is 11.6 Å². The van der Waals surface area contributed by atoms with Crippen LogP contribution in [0.15, 0.2) is 36.4 Å². The average molecular weight is 363 g/mol. The van der Waals surface area contributed by atoms with Gasteiger partial charge in [0.05, 0.1) is 14.2 Å². The molecule has 0 bridgehead atoms. The number of methoxy groups -OCH3 is 2. The zero-order valence-electron chi connectivity index (χ0n) is 14.7. The highest BCUT2D eigenvalue weighted by molar-refractivity contribution is 6.30. The fourth-order valence-electron chi connectivity index (χ4n) is 2.41. The molecule has 0 aromatic heterocycles. The number of carbonyl (C=O) groups excluding carboxylic acids is 1. The largest absolute Gasteiger partial charge is 0.493 e. The number of nitrogens with one attached hydrogen (secondary N) is 2. The third-order valence-electron chi connectivity index (χ3n) is 3.77. The van der Waals surface area contributed by atoms with E-state index in [1.54, 1.807) is 20.3 Å². The normalized spacial score (nSPS) is 10.4. The van der Waals surface area contributed by atoms with E-state index in [-0.39, 0.29) is 5.91 Å². The zero-order chi connectivity index (χ0) is 18.2. The van der Waals surface area contributed by atoms with Gasteiger partial charge in [-0.2, -0.15) is 0 Å². The van der Waals surface area contributed by atoms with E-state index in [4.69, 9.17) is 21.1 Å². The summed E-state index contributed by atoms with van der Waals surface area (Å²) >= 11 is 5.92. The Labute approximate surface area is 153 Å². The molecule has 0 aliphatic carbocycles. The summed E-state index contributed by atoms with van der Waals surface area (Å²) in [7, 11) is 3.22. The van der Waals surface area contributed by atoms with Gasteiger partial charge in [0.2, 0.25) is 5.91 Å². The van der Waals surface area contributed by atoms with Crippen molar-refractivity contribution in [2.75, 3.05) is 26.1 Å². The molecule has 0 saturated heterocycles. The van der Waals surface area contributed by atoms with Gasteiger partial charge in [0.25, 0.3) is 0 Å². The van der Waals surface area contributed by atoms with E-state index < -0.39 is 0 Å². The molecule has 5 nitrogen and oxygen atoms in total. The summed E-state index contributed by atoms with van der Waals surface area (Å²) in [4.78, 5) is 12.0. The number of anilines is 1. The molecule has 2 rings (SSSR count). The Balaban J connectivity index is 1.78. The van der Waals surface area contributed by atoms with Crippen molar-refractivity contribution in [2.24, 2.45) is 0 Å². The van der Waals surface area contributed by atoms with Crippen molar-refractivity contribution < 1.29 is 14.3 Å². The molecule has 0 spiro atoms. The van der Waals surface area contributed by atoms with E-state index in [0.717, 1.165) is 16.8 Å². The minimum absolute atomic E-state index is 0.0368. The van der Waals surface area contributed by atoms with Gasteiger partial charge in [-0.25, -0.2) is 0 Å². The van der Waals surface area contributed by atoms with Crippen LogP contribution in [0.5, 0.6) is 11.5 Å². The Morgan fingerprint density at radius 1 is 1.08 bits per heavy atom. The van der Waals surface area contributed by atoms with Gasteiger partial charge in [0.15, 0.2) is 11.5 Å². The van der Waals surface area contributed by atoms with Crippen LogP contribution < -0.4 is 20.1 Å². The first kappa shape index (κ1) is 19.1. The van der Waals surface area contributed by atoms with Crippen LogP contribution in [0.2, 0.25) is 5.02 Å². The number of carbonyl (C=O) groups is 1. The maximum Gasteiger partial charge on any atom is 0.225 e. The van der Waals surface area contributed by atoms with Gasteiger partial charge in [-0.05, 0) is 48.4 Å². The van der Waals surface area contributed by atoms with Crippen molar-refractivity contribution in [1.82, 2.24) is 5.32 Å². The molecule has 1 amide bonds. The average Bonchev–Trinajstić information content (AvgIpc) is 2.61. The molecule has 134 valence electrons. The Bertz CT molecular complexity index is 735. The van der Waals surface area contributed by atoms with Gasteiger partial charge >= 0.3 is 0 Å². The van der Waals surface area contributed by atoms with Crippen LogP contribution in [0.3, 0.4) is 0 Å². The van der Waals surface area contributed by atoms with Crippen molar-refractivity contribution >= 4 is 23.2 Å². The second-order valence-corrected chi connectivity index (χ2v) is 6.06. The molecular formula is C19H23ClN2O3. The van der Waals surface area contributed by atoms with Crippen molar-refractivity contribution in [3.8, 4) is 11.5 Å². The predicted octanol–water partition coefficient (Wildman–Crippen LogP) is 3.78. The first-order chi connectivity index (χ1) is 12.0. The molecule has 25 heavy (non-hydrogen) atoms. The van der Waals surface area contributed by atoms with Crippen molar-refractivity contribution in [3.63, 3.8) is 0 Å². The smallest absolute Gasteiger partial charge is 0.225 e. The quantitative estimate of drug-likeness (QED) is 0.701. The van der Waals surface area contributed by atoms with Gasteiger partial charge in [-0.3, -0.25) is 4.79 Å². The van der Waals surface area contributed by atoms with Gasteiger partial charge in [0.1, 0.15) is 0 Å². The second-order valence-electron chi connectivity index (χ2n) is 5.62. The minimum Gasteiger partial charge on any atom is -0.493 e. The molecular weight excluding hydrogens is 340 g/mol. The summed E-state index contributed by atoms with van der Waals surface area (Å²) in [5.41, 5.74) is 2.79. The number of benzene rings is 2. The molecule has 2 aromatic carbocycles. The standard InChI is InChI=1S/C19H23ClN2O3/c1-13-10-15(20)5-6-16(13)22-19(23)8-9-21-12-14-4-7-17(24-2)18(11-14)25-3/h4-7,10-11,21H,8-9,12H2,1-3H3,(H,22,23). The SMILES string of the molecule is COc1ccc(CNCCC(=O)Nc2ccc(Cl)cc2C)cc1OC. The molecule has 2 N–H and O–H groups in total. The summed E-state index contributed by atoms with van der Waals surface area (Å²) in [5.74, 6) is 1.35. The van der Waals surface area contributed by atoms with Crippen LogP contribution in [0.1, 0.15) is 17.5 Å². The summed E-state index contributed by atoms with van der Waals surface area (Å²) in [6.45, 7) is 3.14. The lowest BCUT2D eigenvalue weighted by atomic mass is 10.2. The zero-order valence-corrected chi connectivity index (χ0v) is 15.4. The number of ether oxygens (including phenoxy) is 2. The van der Waals surface area contributed by atoms with Crippen LogP contribution in [0, 0.1) is 6.92 Å². The highest BCUT2D eigenvalue weighted by Crippen LogP contribution is 2.27. The fourth-order valence-corrected chi connectivity index (χ4v) is 2.63. The van der Waals surface area contributed by atoms with Gasteiger partial charge in [-0.15, -0.1) is 0 Å². The summed E-state index contributed by atoms with van der Waals surface area (Å²) in [6, 6.07) is 11.2. The molecule has 0 atom stereocenters. The number of rotatable bonds is 8. The summed E-state index contributed by atoms with van der Waals surface area (Å²) in [5, 5.41) is 6.81. The number of hydrogen-bond acceptors (Lipinski definition) is 4. The Morgan fingerprint density at radius 3 is 2.52 bits per heavy atom. The maximum absolute atomic E-state index is 12.0. The topological polar surface area (TPSA) is 59.6 Å². The molecule has 0 fully saturated rings. The van der Waals surface area contributed by atoms with Gasteiger partial charge < -0.3 is 20.1 Å². The highest BCUT2D eigenvalue weighted by Gasteiger charge is 2.06.